The van der Waals surface area contributed by atoms with Crippen LogP contribution in [0.5, 0.6) is 0 Å². The largest absolute Gasteiger partial charge is 0.358 e. The second-order valence-corrected chi connectivity index (χ2v) is 5.78. The van der Waals surface area contributed by atoms with Crippen LogP contribution in [0.1, 0.15) is 5.56 Å². The fourth-order valence-corrected chi connectivity index (χ4v) is 2.44. The molecule has 0 aliphatic rings. The lowest BCUT2D eigenvalue weighted by Crippen LogP contribution is -2.41. The summed E-state index contributed by atoms with van der Waals surface area (Å²) in [7, 11) is 5.11. The SMILES string of the molecule is CNC(=O)CN(C)C(=O)CN(C)Cc1ccc2ccccc2c1. The number of fused-ring (bicyclic) bond motifs is 1. The fourth-order valence-electron chi connectivity index (χ4n) is 2.44. The van der Waals surface area contributed by atoms with Crippen molar-refractivity contribution in [2.24, 2.45) is 0 Å². The molecule has 2 aromatic carbocycles. The highest BCUT2D eigenvalue weighted by Gasteiger charge is 2.14. The number of nitrogens with zero attached hydrogens (tertiary/aromatic N) is 2. The lowest BCUT2D eigenvalue weighted by molar-refractivity contribution is -0.135. The molecule has 0 fully saturated rings. The molecular formula is C18H23N3O2. The zero-order chi connectivity index (χ0) is 16.8. The molecule has 0 aliphatic heterocycles. The summed E-state index contributed by atoms with van der Waals surface area (Å²) >= 11 is 0. The Bertz CT molecular complexity index is 699. The van der Waals surface area contributed by atoms with Gasteiger partial charge in [0.25, 0.3) is 0 Å². The van der Waals surface area contributed by atoms with Crippen molar-refractivity contribution < 1.29 is 9.59 Å². The van der Waals surface area contributed by atoms with Crippen LogP contribution in [0.2, 0.25) is 0 Å². The van der Waals surface area contributed by atoms with Gasteiger partial charge in [-0.2, -0.15) is 0 Å². The molecule has 0 saturated heterocycles. The molecule has 0 bridgehead atoms. The Kier molecular flexibility index (Phi) is 5.71. The maximum absolute atomic E-state index is 12.1. The molecule has 0 aromatic heterocycles. The van der Waals surface area contributed by atoms with Crippen molar-refractivity contribution in [3.05, 3.63) is 48.0 Å². The summed E-state index contributed by atoms with van der Waals surface area (Å²) < 4.78 is 0. The quantitative estimate of drug-likeness (QED) is 0.879. The number of carbonyl (C=O) groups is 2. The minimum Gasteiger partial charge on any atom is -0.358 e. The molecule has 2 amide bonds. The summed E-state index contributed by atoms with van der Waals surface area (Å²) in [5.41, 5.74) is 1.16. The predicted octanol–water partition coefficient (Wildman–Crippen LogP) is 1.48. The van der Waals surface area contributed by atoms with E-state index in [1.807, 2.05) is 24.1 Å². The van der Waals surface area contributed by atoms with Crippen LogP contribution in [-0.4, -0.2) is 55.8 Å². The zero-order valence-corrected chi connectivity index (χ0v) is 13.9. The molecule has 0 saturated carbocycles. The van der Waals surface area contributed by atoms with E-state index >= 15 is 0 Å². The minimum atomic E-state index is -0.168. The van der Waals surface area contributed by atoms with Gasteiger partial charge in [-0.1, -0.05) is 36.4 Å². The topological polar surface area (TPSA) is 52.7 Å². The third kappa shape index (κ3) is 4.79. The molecule has 2 aromatic rings. The molecule has 0 unspecified atom stereocenters. The Labute approximate surface area is 136 Å². The number of carbonyl (C=O) groups excluding carboxylic acids is 2. The summed E-state index contributed by atoms with van der Waals surface area (Å²) in [5, 5.41) is 4.92. The van der Waals surface area contributed by atoms with Crippen molar-refractivity contribution in [2.45, 2.75) is 6.54 Å². The van der Waals surface area contributed by atoms with Crippen LogP contribution in [0.4, 0.5) is 0 Å². The monoisotopic (exact) mass is 313 g/mol. The lowest BCUT2D eigenvalue weighted by atomic mass is 10.1. The van der Waals surface area contributed by atoms with Crippen LogP contribution in [0.25, 0.3) is 10.8 Å². The number of amides is 2. The predicted molar refractivity (Wildman–Crippen MR) is 92.0 cm³/mol. The van der Waals surface area contributed by atoms with Gasteiger partial charge < -0.3 is 10.2 Å². The maximum Gasteiger partial charge on any atom is 0.239 e. The molecule has 5 heteroatoms. The van der Waals surface area contributed by atoms with Crippen molar-refractivity contribution in [2.75, 3.05) is 34.2 Å². The smallest absolute Gasteiger partial charge is 0.239 e. The Morgan fingerprint density at radius 1 is 1.00 bits per heavy atom. The summed E-state index contributed by atoms with van der Waals surface area (Å²) in [6.07, 6.45) is 0. The van der Waals surface area contributed by atoms with E-state index in [2.05, 4.69) is 35.6 Å². The molecule has 0 aliphatic carbocycles. The third-order valence-corrected chi connectivity index (χ3v) is 3.76. The first-order chi connectivity index (χ1) is 11.0. The maximum atomic E-state index is 12.1. The van der Waals surface area contributed by atoms with Gasteiger partial charge in [-0.3, -0.25) is 14.5 Å². The summed E-state index contributed by atoms with van der Waals surface area (Å²) in [4.78, 5) is 26.8. The highest BCUT2D eigenvalue weighted by atomic mass is 16.2. The first-order valence-electron chi connectivity index (χ1n) is 7.60. The first-order valence-corrected chi connectivity index (χ1v) is 7.60. The van der Waals surface area contributed by atoms with Crippen molar-refractivity contribution in [1.82, 2.24) is 15.1 Å². The second-order valence-electron chi connectivity index (χ2n) is 5.78. The van der Waals surface area contributed by atoms with Crippen LogP contribution in [-0.2, 0) is 16.1 Å². The van der Waals surface area contributed by atoms with Crippen LogP contribution < -0.4 is 5.32 Å². The zero-order valence-electron chi connectivity index (χ0n) is 13.9. The molecule has 5 nitrogen and oxygen atoms in total. The van der Waals surface area contributed by atoms with Crippen molar-refractivity contribution in [3.63, 3.8) is 0 Å². The number of rotatable bonds is 6. The molecule has 23 heavy (non-hydrogen) atoms. The van der Waals surface area contributed by atoms with Crippen molar-refractivity contribution in [1.29, 1.82) is 0 Å². The number of benzene rings is 2. The molecule has 0 atom stereocenters. The standard InChI is InChI=1S/C18H23N3O2/c1-19-17(22)12-21(3)18(23)13-20(2)11-14-8-9-15-6-4-5-7-16(15)10-14/h4-10H,11-13H2,1-3H3,(H,19,22). The highest BCUT2D eigenvalue weighted by molar-refractivity contribution is 5.85. The van der Waals surface area contributed by atoms with Crippen molar-refractivity contribution in [3.8, 4) is 0 Å². The van der Waals surface area contributed by atoms with E-state index in [-0.39, 0.29) is 24.9 Å². The van der Waals surface area contributed by atoms with E-state index in [9.17, 15) is 9.59 Å². The average Bonchev–Trinajstić information content (AvgIpc) is 2.54. The van der Waals surface area contributed by atoms with Gasteiger partial charge in [0.2, 0.25) is 11.8 Å². The Morgan fingerprint density at radius 2 is 1.70 bits per heavy atom. The number of likely N-dealkylation sites (N-methyl/N-ethyl adjacent to an activating group) is 3. The molecule has 122 valence electrons. The molecular weight excluding hydrogens is 290 g/mol. The lowest BCUT2D eigenvalue weighted by Gasteiger charge is -2.21. The molecule has 0 heterocycles. The summed E-state index contributed by atoms with van der Waals surface area (Å²) in [6, 6.07) is 14.5. The Hall–Kier alpha value is -2.40. The van der Waals surface area contributed by atoms with E-state index in [0.717, 1.165) is 5.56 Å². The third-order valence-electron chi connectivity index (χ3n) is 3.76. The summed E-state index contributed by atoms with van der Waals surface area (Å²) in [5.74, 6) is -0.241. The minimum absolute atomic E-state index is 0.0723. The average molecular weight is 313 g/mol. The van der Waals surface area contributed by atoms with E-state index < -0.39 is 0 Å². The van der Waals surface area contributed by atoms with E-state index in [0.29, 0.717) is 6.54 Å². The van der Waals surface area contributed by atoms with Gasteiger partial charge in [-0.25, -0.2) is 0 Å². The Morgan fingerprint density at radius 3 is 2.39 bits per heavy atom. The normalized spacial score (nSPS) is 10.8. The van der Waals surface area contributed by atoms with Gasteiger partial charge >= 0.3 is 0 Å². The van der Waals surface area contributed by atoms with E-state index in [4.69, 9.17) is 0 Å². The molecule has 1 N–H and O–H groups in total. The van der Waals surface area contributed by atoms with Crippen LogP contribution in [0.3, 0.4) is 0 Å². The number of hydrogen-bond donors (Lipinski definition) is 1. The molecule has 2 rings (SSSR count). The molecule has 0 spiro atoms. The number of nitrogens with one attached hydrogen (secondary N) is 1. The first kappa shape index (κ1) is 17.0. The number of hydrogen-bond acceptors (Lipinski definition) is 3. The molecule has 0 radical (unpaired) electrons. The van der Waals surface area contributed by atoms with Crippen LogP contribution in [0, 0.1) is 0 Å². The van der Waals surface area contributed by atoms with Gasteiger partial charge in [0.05, 0.1) is 13.1 Å². The summed E-state index contributed by atoms with van der Waals surface area (Å²) in [6.45, 7) is 1.05. The fraction of sp³-hybridized carbons (Fsp3) is 0.333. The van der Waals surface area contributed by atoms with Gasteiger partial charge in [-0.05, 0) is 29.4 Å². The second kappa shape index (κ2) is 7.74. The van der Waals surface area contributed by atoms with Gasteiger partial charge in [0.15, 0.2) is 0 Å². The Balaban J connectivity index is 1.93. The van der Waals surface area contributed by atoms with E-state index in [1.165, 1.54) is 15.7 Å². The van der Waals surface area contributed by atoms with Crippen LogP contribution in [0.15, 0.2) is 42.5 Å². The van der Waals surface area contributed by atoms with Crippen LogP contribution >= 0.6 is 0 Å². The van der Waals surface area contributed by atoms with Gasteiger partial charge in [0, 0.05) is 20.6 Å². The van der Waals surface area contributed by atoms with Gasteiger partial charge in [-0.15, -0.1) is 0 Å². The highest BCUT2D eigenvalue weighted by Crippen LogP contribution is 2.16. The van der Waals surface area contributed by atoms with E-state index in [1.54, 1.807) is 14.1 Å². The van der Waals surface area contributed by atoms with Crippen molar-refractivity contribution >= 4 is 22.6 Å². The van der Waals surface area contributed by atoms with Gasteiger partial charge in [0.1, 0.15) is 0 Å².